The third kappa shape index (κ3) is 3.26. The second kappa shape index (κ2) is 6.13. The largest absolute Gasteiger partial charge is 0.360 e. The van der Waals surface area contributed by atoms with Gasteiger partial charge in [-0.25, -0.2) is 0 Å². The maximum atomic E-state index is 12.5. The van der Waals surface area contributed by atoms with Gasteiger partial charge < -0.3 is 4.98 Å². The molecule has 2 heterocycles. The number of nitrogens with zero attached hydrogens (tertiary/aromatic N) is 1. The molecule has 0 saturated heterocycles. The van der Waals surface area contributed by atoms with Crippen molar-refractivity contribution in [3.63, 3.8) is 0 Å². The molecule has 0 radical (unpaired) electrons. The van der Waals surface area contributed by atoms with Gasteiger partial charge in [-0.1, -0.05) is 18.2 Å². The highest BCUT2D eigenvalue weighted by Crippen LogP contribution is 2.22. The van der Waals surface area contributed by atoms with Crippen molar-refractivity contribution < 1.29 is 4.79 Å². The highest BCUT2D eigenvalue weighted by Gasteiger charge is 2.14. The standard InChI is InChI=1S/C16H15BrN2OS/c1-19(8-11-6-16(17)21-10-11)9-15(20)13-7-18-14-5-3-2-4-12(13)14/h2-7,10,18H,8-9H2,1H3. The van der Waals surface area contributed by atoms with Crippen molar-refractivity contribution >= 4 is 44.0 Å². The van der Waals surface area contributed by atoms with Gasteiger partial charge in [0.1, 0.15) is 0 Å². The molecule has 0 saturated carbocycles. The number of para-hydroxylation sites is 1. The zero-order valence-corrected chi connectivity index (χ0v) is 14.0. The van der Waals surface area contributed by atoms with E-state index in [1.165, 1.54) is 5.56 Å². The molecule has 3 nitrogen and oxygen atoms in total. The average molecular weight is 363 g/mol. The Kier molecular flexibility index (Phi) is 4.24. The summed E-state index contributed by atoms with van der Waals surface area (Å²) in [6, 6.07) is 9.98. The maximum absolute atomic E-state index is 12.5. The minimum absolute atomic E-state index is 0.143. The number of carbonyl (C=O) groups excluding carboxylic acids is 1. The van der Waals surface area contributed by atoms with Gasteiger partial charge in [0.25, 0.3) is 0 Å². The number of halogens is 1. The number of aromatic nitrogens is 1. The second-order valence-electron chi connectivity index (χ2n) is 5.10. The van der Waals surface area contributed by atoms with E-state index >= 15 is 0 Å². The summed E-state index contributed by atoms with van der Waals surface area (Å²) >= 11 is 5.13. The zero-order chi connectivity index (χ0) is 14.8. The van der Waals surface area contributed by atoms with Crippen LogP contribution >= 0.6 is 27.3 Å². The summed E-state index contributed by atoms with van der Waals surface area (Å²) in [5.41, 5.74) is 3.00. The predicted molar refractivity (Wildman–Crippen MR) is 91.0 cm³/mol. The van der Waals surface area contributed by atoms with E-state index in [1.54, 1.807) is 11.3 Å². The van der Waals surface area contributed by atoms with Crippen molar-refractivity contribution in [2.75, 3.05) is 13.6 Å². The molecule has 3 aromatic rings. The molecule has 2 aromatic heterocycles. The number of likely N-dealkylation sites (N-methyl/N-ethyl adjacent to an activating group) is 1. The maximum Gasteiger partial charge on any atom is 0.178 e. The van der Waals surface area contributed by atoms with Gasteiger partial charge in [0.05, 0.1) is 10.3 Å². The van der Waals surface area contributed by atoms with Crippen LogP contribution in [-0.4, -0.2) is 29.3 Å². The number of H-pyrrole nitrogens is 1. The lowest BCUT2D eigenvalue weighted by Crippen LogP contribution is -2.25. The van der Waals surface area contributed by atoms with Crippen molar-refractivity contribution in [3.8, 4) is 0 Å². The first-order valence-electron chi connectivity index (χ1n) is 6.64. The van der Waals surface area contributed by atoms with Gasteiger partial charge in [0, 0.05) is 29.2 Å². The SMILES string of the molecule is CN(CC(=O)c1c[nH]c2ccccc12)Cc1csc(Br)c1. The fraction of sp³-hybridized carbons (Fsp3) is 0.188. The van der Waals surface area contributed by atoms with Crippen molar-refractivity contribution in [1.82, 2.24) is 9.88 Å². The number of thiophene rings is 1. The number of aromatic amines is 1. The Morgan fingerprint density at radius 1 is 1.38 bits per heavy atom. The van der Waals surface area contributed by atoms with Gasteiger partial charge in [0.2, 0.25) is 0 Å². The van der Waals surface area contributed by atoms with E-state index in [0.717, 1.165) is 26.8 Å². The second-order valence-corrected chi connectivity index (χ2v) is 7.39. The van der Waals surface area contributed by atoms with E-state index in [0.29, 0.717) is 6.54 Å². The molecule has 5 heteroatoms. The summed E-state index contributed by atoms with van der Waals surface area (Å²) in [5, 5.41) is 3.10. The predicted octanol–water partition coefficient (Wildman–Crippen LogP) is 4.31. The Balaban J connectivity index is 1.71. The molecule has 0 aliphatic rings. The highest BCUT2D eigenvalue weighted by atomic mass is 79.9. The van der Waals surface area contributed by atoms with Crippen molar-refractivity contribution in [1.29, 1.82) is 0 Å². The number of fused-ring (bicyclic) bond motifs is 1. The van der Waals surface area contributed by atoms with E-state index in [9.17, 15) is 4.79 Å². The molecule has 108 valence electrons. The fourth-order valence-electron chi connectivity index (χ4n) is 2.43. The number of hydrogen-bond acceptors (Lipinski definition) is 3. The van der Waals surface area contributed by atoms with Crippen LogP contribution in [0, 0.1) is 0 Å². The monoisotopic (exact) mass is 362 g/mol. The number of benzene rings is 1. The molecule has 0 bridgehead atoms. The summed E-state index contributed by atoms with van der Waals surface area (Å²) in [4.78, 5) is 17.6. The van der Waals surface area contributed by atoms with Gasteiger partial charge >= 0.3 is 0 Å². The van der Waals surface area contributed by atoms with E-state index in [-0.39, 0.29) is 5.78 Å². The summed E-state index contributed by atoms with van der Waals surface area (Å²) in [7, 11) is 1.97. The van der Waals surface area contributed by atoms with E-state index in [2.05, 4.69) is 32.4 Å². The van der Waals surface area contributed by atoms with Crippen LogP contribution in [-0.2, 0) is 6.54 Å². The van der Waals surface area contributed by atoms with Crippen LogP contribution in [0.2, 0.25) is 0 Å². The first-order chi connectivity index (χ1) is 10.1. The van der Waals surface area contributed by atoms with E-state index in [1.807, 2.05) is 42.4 Å². The van der Waals surface area contributed by atoms with Gasteiger partial charge in [-0.05, 0) is 46.1 Å². The van der Waals surface area contributed by atoms with Crippen LogP contribution in [0.4, 0.5) is 0 Å². The molecule has 0 unspecified atom stereocenters. The van der Waals surface area contributed by atoms with E-state index in [4.69, 9.17) is 0 Å². The summed E-state index contributed by atoms with van der Waals surface area (Å²) < 4.78 is 1.12. The van der Waals surface area contributed by atoms with Crippen molar-refractivity contribution in [2.45, 2.75) is 6.54 Å². The molecule has 0 fully saturated rings. The first kappa shape index (κ1) is 14.5. The molecule has 0 amide bonds. The molecular formula is C16H15BrN2OS. The van der Waals surface area contributed by atoms with Crippen LogP contribution in [0.15, 0.2) is 45.7 Å². The van der Waals surface area contributed by atoms with Crippen LogP contribution in [0.5, 0.6) is 0 Å². The molecule has 0 atom stereocenters. The lowest BCUT2D eigenvalue weighted by atomic mass is 10.1. The summed E-state index contributed by atoms with van der Waals surface area (Å²) in [6.07, 6.45) is 1.81. The Hall–Kier alpha value is -1.43. The van der Waals surface area contributed by atoms with Gasteiger partial charge in [-0.3, -0.25) is 9.69 Å². The molecular weight excluding hydrogens is 348 g/mol. The average Bonchev–Trinajstić information content (AvgIpc) is 3.04. The molecule has 0 spiro atoms. The number of rotatable bonds is 5. The van der Waals surface area contributed by atoms with Crippen LogP contribution in [0.1, 0.15) is 15.9 Å². The first-order valence-corrected chi connectivity index (χ1v) is 8.31. The number of hydrogen-bond donors (Lipinski definition) is 1. The third-order valence-electron chi connectivity index (χ3n) is 3.38. The minimum atomic E-state index is 0.143. The minimum Gasteiger partial charge on any atom is -0.360 e. The number of Topliss-reactive ketones (excluding diaryl/α,β-unsaturated/α-hetero) is 1. The Morgan fingerprint density at radius 3 is 2.95 bits per heavy atom. The van der Waals surface area contributed by atoms with Crippen molar-refractivity contribution in [3.05, 3.63) is 56.8 Å². The molecule has 0 aliphatic carbocycles. The Morgan fingerprint density at radius 2 is 2.19 bits per heavy atom. The number of nitrogens with one attached hydrogen (secondary N) is 1. The Labute approximate surface area is 135 Å². The summed E-state index contributed by atoms with van der Waals surface area (Å²) in [5.74, 6) is 0.143. The quantitative estimate of drug-likeness (QED) is 0.686. The zero-order valence-electron chi connectivity index (χ0n) is 11.6. The molecule has 0 aliphatic heterocycles. The smallest absolute Gasteiger partial charge is 0.178 e. The van der Waals surface area contributed by atoms with E-state index < -0.39 is 0 Å². The van der Waals surface area contributed by atoms with Gasteiger partial charge in [0.15, 0.2) is 5.78 Å². The van der Waals surface area contributed by atoms with Crippen molar-refractivity contribution in [2.24, 2.45) is 0 Å². The van der Waals surface area contributed by atoms with Crippen LogP contribution in [0.25, 0.3) is 10.9 Å². The topological polar surface area (TPSA) is 36.1 Å². The summed E-state index contributed by atoms with van der Waals surface area (Å²) in [6.45, 7) is 1.19. The van der Waals surface area contributed by atoms with Gasteiger partial charge in [-0.15, -0.1) is 11.3 Å². The molecule has 3 rings (SSSR count). The highest BCUT2D eigenvalue weighted by molar-refractivity contribution is 9.11. The number of carbonyl (C=O) groups is 1. The third-order valence-corrected chi connectivity index (χ3v) is 4.93. The number of ketones is 1. The molecule has 1 aromatic carbocycles. The normalized spacial score (nSPS) is 11.4. The lowest BCUT2D eigenvalue weighted by molar-refractivity contribution is 0.0945. The van der Waals surface area contributed by atoms with Crippen LogP contribution < -0.4 is 0 Å². The molecule has 1 N–H and O–H groups in total. The fourth-order valence-corrected chi connectivity index (χ4v) is 3.63. The van der Waals surface area contributed by atoms with Gasteiger partial charge in [-0.2, -0.15) is 0 Å². The molecule has 21 heavy (non-hydrogen) atoms. The lowest BCUT2D eigenvalue weighted by Gasteiger charge is -2.14. The Bertz CT molecular complexity index is 777. The van der Waals surface area contributed by atoms with Crippen LogP contribution in [0.3, 0.4) is 0 Å².